The number of hydrogen-bond acceptors (Lipinski definition) is 3. The van der Waals surface area contributed by atoms with E-state index in [1.165, 1.54) is 12.8 Å². The van der Waals surface area contributed by atoms with Gasteiger partial charge in [-0.05, 0) is 61.5 Å². The number of anilines is 2. The molecule has 2 aromatic carbocycles. The van der Waals surface area contributed by atoms with Gasteiger partial charge in [-0.2, -0.15) is 0 Å². The van der Waals surface area contributed by atoms with Crippen molar-refractivity contribution < 1.29 is 9.59 Å². The van der Waals surface area contributed by atoms with Gasteiger partial charge >= 0.3 is 6.03 Å². The molecule has 0 radical (unpaired) electrons. The summed E-state index contributed by atoms with van der Waals surface area (Å²) in [6, 6.07) is 16.5. The Morgan fingerprint density at radius 3 is 2.10 bits per heavy atom. The third-order valence-corrected chi connectivity index (χ3v) is 5.61. The van der Waals surface area contributed by atoms with E-state index >= 15 is 0 Å². The van der Waals surface area contributed by atoms with Crippen molar-refractivity contribution >= 4 is 35.5 Å². The highest BCUT2D eigenvalue weighted by Crippen LogP contribution is 2.18. The first-order valence-corrected chi connectivity index (χ1v) is 10.9. The number of hydrogen-bond donors (Lipinski definition) is 3. The van der Waals surface area contributed by atoms with Crippen LogP contribution in [0.15, 0.2) is 60.8 Å². The monoisotopic (exact) mass is 435 g/mol. The lowest BCUT2D eigenvalue weighted by molar-refractivity contribution is 0.102. The number of nitrogens with one attached hydrogen (secondary N) is 3. The molecule has 3 amide bonds. The number of nitrogens with zero attached hydrogens (tertiary/aromatic N) is 2. The number of carbonyl (C=O) groups is 2. The van der Waals surface area contributed by atoms with Gasteiger partial charge in [0.15, 0.2) is 4.77 Å². The molecule has 0 spiro atoms. The van der Waals surface area contributed by atoms with Crippen molar-refractivity contribution in [3.63, 3.8) is 0 Å². The van der Waals surface area contributed by atoms with Gasteiger partial charge in [-0.1, -0.05) is 31.0 Å². The molecule has 1 aliphatic rings. The molecule has 31 heavy (non-hydrogen) atoms. The molecule has 0 bridgehead atoms. The summed E-state index contributed by atoms with van der Waals surface area (Å²) < 4.78 is 2.14. The van der Waals surface area contributed by atoms with E-state index in [1.807, 2.05) is 35.2 Å². The summed E-state index contributed by atoms with van der Waals surface area (Å²) in [4.78, 5) is 30.1. The van der Waals surface area contributed by atoms with Crippen molar-refractivity contribution in [1.82, 2.24) is 14.5 Å². The number of carbonyl (C=O) groups excluding carboxylic acids is 2. The van der Waals surface area contributed by atoms with Crippen LogP contribution in [-0.2, 0) is 0 Å². The van der Waals surface area contributed by atoms with Crippen molar-refractivity contribution in [2.24, 2.45) is 0 Å². The molecule has 7 nitrogen and oxygen atoms in total. The topological polar surface area (TPSA) is 82.2 Å². The van der Waals surface area contributed by atoms with Crippen LogP contribution in [0, 0.1) is 4.77 Å². The van der Waals surface area contributed by atoms with E-state index in [1.54, 1.807) is 35.0 Å². The van der Waals surface area contributed by atoms with Crippen LogP contribution in [0.1, 0.15) is 36.2 Å². The van der Waals surface area contributed by atoms with Crippen LogP contribution in [0.3, 0.4) is 0 Å². The van der Waals surface area contributed by atoms with Crippen LogP contribution in [-0.4, -0.2) is 39.5 Å². The second-order valence-electron chi connectivity index (χ2n) is 7.51. The fraction of sp³-hybridized carbons (Fsp3) is 0.261. The molecule has 160 valence electrons. The van der Waals surface area contributed by atoms with Crippen molar-refractivity contribution in [1.29, 1.82) is 0 Å². The number of amides is 3. The summed E-state index contributed by atoms with van der Waals surface area (Å²) >= 11 is 5.34. The number of likely N-dealkylation sites (tertiary alicyclic amines) is 1. The minimum atomic E-state index is -0.280. The molecule has 0 atom stereocenters. The zero-order chi connectivity index (χ0) is 21.6. The number of aromatic nitrogens is 2. The van der Waals surface area contributed by atoms with E-state index in [2.05, 4.69) is 15.6 Å². The van der Waals surface area contributed by atoms with Gasteiger partial charge in [0.2, 0.25) is 0 Å². The lowest BCUT2D eigenvalue weighted by Crippen LogP contribution is -2.35. The third kappa shape index (κ3) is 5.03. The van der Waals surface area contributed by atoms with Crippen molar-refractivity contribution in [2.45, 2.75) is 25.7 Å². The normalized spacial score (nSPS) is 14.0. The standard InChI is InChI=1S/C23H25N5O2S/c29-21(20-16-24-23(31)28(20)19-8-4-3-5-9-19)25-17-10-12-18(13-11-17)26-22(30)27-14-6-1-2-7-15-27/h3-5,8-13,16H,1-2,6-7,14-15H2,(H,24,31)(H,25,29)(H,26,30). The Bertz CT molecular complexity index is 1100. The van der Waals surface area contributed by atoms with Crippen molar-refractivity contribution in [3.05, 3.63) is 71.3 Å². The second-order valence-corrected chi connectivity index (χ2v) is 7.90. The molecule has 0 unspecified atom stereocenters. The molecule has 1 saturated heterocycles. The summed E-state index contributed by atoms with van der Waals surface area (Å²) in [6.45, 7) is 1.59. The van der Waals surface area contributed by atoms with Gasteiger partial charge in [0.25, 0.3) is 5.91 Å². The number of benzene rings is 2. The fourth-order valence-corrected chi connectivity index (χ4v) is 3.94. The van der Waals surface area contributed by atoms with E-state index in [0.717, 1.165) is 31.6 Å². The van der Waals surface area contributed by atoms with E-state index in [9.17, 15) is 9.59 Å². The Hall–Kier alpha value is -3.39. The Balaban J connectivity index is 1.42. The Labute approximate surface area is 186 Å². The van der Waals surface area contributed by atoms with Gasteiger partial charge in [-0.3, -0.25) is 9.36 Å². The molecular formula is C23H25N5O2S. The molecule has 4 rings (SSSR count). The zero-order valence-corrected chi connectivity index (χ0v) is 18.0. The summed E-state index contributed by atoms with van der Waals surface area (Å²) in [5, 5.41) is 5.82. The molecule has 3 aromatic rings. The minimum absolute atomic E-state index is 0.0760. The highest BCUT2D eigenvalue weighted by molar-refractivity contribution is 7.71. The van der Waals surface area contributed by atoms with Crippen molar-refractivity contribution in [2.75, 3.05) is 23.7 Å². The number of imidazole rings is 1. The maximum absolute atomic E-state index is 12.8. The van der Waals surface area contributed by atoms with E-state index in [-0.39, 0.29) is 11.9 Å². The van der Waals surface area contributed by atoms with Crippen LogP contribution >= 0.6 is 12.2 Å². The fourth-order valence-electron chi connectivity index (χ4n) is 3.68. The number of aromatic amines is 1. The molecule has 1 fully saturated rings. The first-order valence-electron chi connectivity index (χ1n) is 10.4. The van der Waals surface area contributed by atoms with Crippen LogP contribution < -0.4 is 10.6 Å². The van der Waals surface area contributed by atoms with Gasteiger partial charge in [0, 0.05) is 36.3 Å². The molecule has 3 N–H and O–H groups in total. The lowest BCUT2D eigenvalue weighted by Gasteiger charge is -2.20. The van der Waals surface area contributed by atoms with E-state index in [4.69, 9.17) is 12.2 Å². The minimum Gasteiger partial charge on any atom is -0.336 e. The number of H-pyrrole nitrogens is 1. The van der Waals surface area contributed by atoms with Crippen molar-refractivity contribution in [3.8, 4) is 5.69 Å². The van der Waals surface area contributed by atoms with Crippen LogP contribution in [0.2, 0.25) is 0 Å². The molecule has 1 aromatic heterocycles. The molecule has 1 aliphatic heterocycles. The first kappa shape index (κ1) is 20.9. The van der Waals surface area contributed by atoms with Crippen LogP contribution in [0.4, 0.5) is 16.2 Å². The highest BCUT2D eigenvalue weighted by Gasteiger charge is 2.16. The maximum Gasteiger partial charge on any atom is 0.321 e. The SMILES string of the molecule is O=C(Nc1ccc(NC(=O)N2CCCCCC2)cc1)c1c[nH]c(=S)n1-c1ccccc1. The number of para-hydroxylation sites is 1. The first-order chi connectivity index (χ1) is 15.1. The third-order valence-electron chi connectivity index (χ3n) is 5.31. The number of urea groups is 1. The van der Waals surface area contributed by atoms with Crippen LogP contribution in [0.25, 0.3) is 5.69 Å². The molecule has 0 aliphatic carbocycles. The molecule has 2 heterocycles. The smallest absolute Gasteiger partial charge is 0.321 e. The predicted molar refractivity (Wildman–Crippen MR) is 124 cm³/mol. The predicted octanol–water partition coefficient (Wildman–Crippen LogP) is 5.20. The van der Waals surface area contributed by atoms with Gasteiger partial charge in [0.1, 0.15) is 5.69 Å². The quantitative estimate of drug-likeness (QED) is 0.493. The Morgan fingerprint density at radius 1 is 0.839 bits per heavy atom. The summed E-state index contributed by atoms with van der Waals surface area (Å²) in [6.07, 6.45) is 6.05. The van der Waals surface area contributed by atoms with Gasteiger partial charge in [0.05, 0.1) is 0 Å². The van der Waals surface area contributed by atoms with Gasteiger partial charge in [-0.25, -0.2) is 4.79 Å². The lowest BCUT2D eigenvalue weighted by atomic mass is 10.2. The van der Waals surface area contributed by atoms with Gasteiger partial charge in [-0.15, -0.1) is 0 Å². The summed E-state index contributed by atoms with van der Waals surface area (Å²) in [7, 11) is 0. The molecule has 8 heteroatoms. The largest absolute Gasteiger partial charge is 0.336 e. The number of rotatable bonds is 4. The second kappa shape index (κ2) is 9.61. The summed E-state index contributed by atoms with van der Waals surface area (Å²) in [5.41, 5.74) is 2.55. The molecule has 0 saturated carbocycles. The Kier molecular flexibility index (Phi) is 6.47. The van der Waals surface area contributed by atoms with E-state index in [0.29, 0.717) is 21.8 Å². The zero-order valence-electron chi connectivity index (χ0n) is 17.1. The average Bonchev–Trinajstić information content (AvgIpc) is 2.99. The van der Waals surface area contributed by atoms with Crippen LogP contribution in [0.5, 0.6) is 0 Å². The summed E-state index contributed by atoms with van der Waals surface area (Å²) in [5.74, 6) is -0.280. The Morgan fingerprint density at radius 2 is 1.45 bits per heavy atom. The average molecular weight is 436 g/mol. The van der Waals surface area contributed by atoms with Gasteiger partial charge < -0.3 is 20.5 Å². The molecular weight excluding hydrogens is 410 g/mol. The maximum atomic E-state index is 12.8. The highest BCUT2D eigenvalue weighted by atomic mass is 32.1. The van der Waals surface area contributed by atoms with E-state index < -0.39 is 0 Å².